The maximum absolute atomic E-state index is 13.3. The largest absolute Gasteiger partial charge is 0.343 e. The molecule has 0 bridgehead atoms. The van der Waals surface area contributed by atoms with Gasteiger partial charge in [-0.15, -0.1) is 0 Å². The van der Waals surface area contributed by atoms with Crippen LogP contribution < -0.4 is 0 Å². The third kappa shape index (κ3) is 3.69. The molecule has 150 valence electrons. The van der Waals surface area contributed by atoms with Crippen LogP contribution in [0.3, 0.4) is 0 Å². The van der Waals surface area contributed by atoms with Crippen molar-refractivity contribution in [1.29, 1.82) is 0 Å². The maximum Gasteiger partial charge on any atom is 0.254 e. The minimum absolute atomic E-state index is 0.180. The minimum Gasteiger partial charge on any atom is -0.343 e. The molecule has 0 N–H and O–H groups in total. The summed E-state index contributed by atoms with van der Waals surface area (Å²) in [7, 11) is 0. The van der Waals surface area contributed by atoms with E-state index in [4.69, 9.17) is 0 Å². The zero-order chi connectivity index (χ0) is 19.6. The third-order valence-electron chi connectivity index (χ3n) is 6.68. The molecule has 0 radical (unpaired) electrons. The lowest BCUT2D eigenvalue weighted by atomic mass is 10.1. The van der Waals surface area contributed by atoms with Crippen molar-refractivity contribution in [3.63, 3.8) is 0 Å². The van der Waals surface area contributed by atoms with Gasteiger partial charge in [0.2, 0.25) is 0 Å². The molecule has 2 aliphatic rings. The number of amides is 1. The molecule has 1 saturated carbocycles. The van der Waals surface area contributed by atoms with Gasteiger partial charge in [-0.3, -0.25) is 9.69 Å². The summed E-state index contributed by atoms with van der Waals surface area (Å²) >= 11 is 0. The molecule has 2 aromatic carbocycles. The van der Waals surface area contributed by atoms with Crippen LogP contribution in [0, 0.1) is 0 Å². The van der Waals surface area contributed by atoms with E-state index in [-0.39, 0.29) is 5.91 Å². The van der Waals surface area contributed by atoms with Crippen LogP contribution in [0.2, 0.25) is 0 Å². The van der Waals surface area contributed by atoms with Crippen molar-refractivity contribution in [3.05, 3.63) is 71.9 Å². The fourth-order valence-electron chi connectivity index (χ4n) is 5.06. The summed E-state index contributed by atoms with van der Waals surface area (Å²) < 4.78 is 2.24. The molecule has 2 heterocycles. The molecule has 3 aromatic rings. The Bertz CT molecular complexity index is 980. The second-order valence-corrected chi connectivity index (χ2v) is 8.43. The van der Waals surface area contributed by atoms with Crippen molar-refractivity contribution in [2.45, 2.75) is 38.3 Å². The van der Waals surface area contributed by atoms with Gasteiger partial charge in [-0.25, -0.2) is 0 Å². The number of carbonyl (C=O) groups excluding carboxylic acids is 1. The summed E-state index contributed by atoms with van der Waals surface area (Å²) in [5, 5.41) is 1.06. The first-order chi connectivity index (χ1) is 14.3. The smallest absolute Gasteiger partial charge is 0.254 e. The topological polar surface area (TPSA) is 28.5 Å². The second-order valence-electron chi connectivity index (χ2n) is 8.43. The maximum atomic E-state index is 13.3. The monoisotopic (exact) mass is 387 g/mol. The second kappa shape index (κ2) is 8.03. The molecule has 1 aliphatic heterocycles. The predicted octanol–water partition coefficient (Wildman–Crippen LogP) is 4.39. The van der Waals surface area contributed by atoms with Crippen LogP contribution in [0.15, 0.2) is 60.8 Å². The fraction of sp³-hybridized carbons (Fsp3) is 0.400. The van der Waals surface area contributed by atoms with E-state index in [1.54, 1.807) is 0 Å². The number of hydrogen-bond acceptors (Lipinski definition) is 2. The Kier molecular flexibility index (Phi) is 5.11. The van der Waals surface area contributed by atoms with Gasteiger partial charge in [0.05, 0.1) is 0 Å². The SMILES string of the molecule is O=C(c1cccc2c1ccn2Cc1ccccc1)N1CCN(C2CCCC2)CC1. The lowest BCUT2D eigenvalue weighted by molar-refractivity contribution is 0.0575. The van der Waals surface area contributed by atoms with Gasteiger partial charge in [0.25, 0.3) is 5.91 Å². The van der Waals surface area contributed by atoms with Gasteiger partial charge >= 0.3 is 0 Å². The lowest BCUT2D eigenvalue weighted by Crippen LogP contribution is -2.51. The highest BCUT2D eigenvalue weighted by molar-refractivity contribution is 6.06. The van der Waals surface area contributed by atoms with Gasteiger partial charge < -0.3 is 9.47 Å². The fourth-order valence-corrected chi connectivity index (χ4v) is 5.06. The highest BCUT2D eigenvalue weighted by Gasteiger charge is 2.28. The zero-order valence-electron chi connectivity index (χ0n) is 17.0. The van der Waals surface area contributed by atoms with E-state index in [1.165, 1.54) is 31.2 Å². The quantitative estimate of drug-likeness (QED) is 0.664. The summed E-state index contributed by atoms with van der Waals surface area (Å²) in [6.07, 6.45) is 7.51. The highest BCUT2D eigenvalue weighted by atomic mass is 16.2. The van der Waals surface area contributed by atoms with Gasteiger partial charge in [0, 0.05) is 61.4 Å². The molecule has 2 fully saturated rings. The van der Waals surface area contributed by atoms with E-state index >= 15 is 0 Å². The number of aromatic nitrogens is 1. The van der Waals surface area contributed by atoms with Gasteiger partial charge in [-0.05, 0) is 36.6 Å². The van der Waals surface area contributed by atoms with Crippen LogP contribution >= 0.6 is 0 Å². The van der Waals surface area contributed by atoms with Gasteiger partial charge in [-0.2, -0.15) is 0 Å². The van der Waals surface area contributed by atoms with Crippen molar-refractivity contribution in [3.8, 4) is 0 Å². The average Bonchev–Trinajstić information content (AvgIpc) is 3.45. The Labute approximate surface area is 172 Å². The van der Waals surface area contributed by atoms with E-state index in [0.717, 1.165) is 55.2 Å². The number of fused-ring (bicyclic) bond motifs is 1. The Balaban J connectivity index is 1.33. The van der Waals surface area contributed by atoms with Gasteiger partial charge in [-0.1, -0.05) is 49.2 Å². The Morgan fingerprint density at radius 3 is 2.38 bits per heavy atom. The van der Waals surface area contributed by atoms with E-state index < -0.39 is 0 Å². The van der Waals surface area contributed by atoms with E-state index in [9.17, 15) is 4.79 Å². The molecule has 1 aromatic heterocycles. The van der Waals surface area contributed by atoms with Crippen molar-refractivity contribution >= 4 is 16.8 Å². The van der Waals surface area contributed by atoms with Crippen molar-refractivity contribution in [1.82, 2.24) is 14.4 Å². The van der Waals surface area contributed by atoms with Crippen molar-refractivity contribution in [2.24, 2.45) is 0 Å². The zero-order valence-corrected chi connectivity index (χ0v) is 17.0. The molecule has 1 aliphatic carbocycles. The first kappa shape index (κ1) is 18.4. The number of rotatable bonds is 4. The van der Waals surface area contributed by atoms with E-state index in [1.807, 2.05) is 18.2 Å². The molecule has 5 rings (SSSR count). The Morgan fingerprint density at radius 1 is 0.862 bits per heavy atom. The third-order valence-corrected chi connectivity index (χ3v) is 6.68. The van der Waals surface area contributed by atoms with Gasteiger partial charge in [0.1, 0.15) is 0 Å². The molecule has 1 amide bonds. The molecule has 0 unspecified atom stereocenters. The number of benzene rings is 2. The summed E-state index contributed by atoms with van der Waals surface area (Å²) in [6.45, 7) is 4.54. The normalized spacial score (nSPS) is 18.6. The first-order valence-corrected chi connectivity index (χ1v) is 10.9. The van der Waals surface area contributed by atoms with Gasteiger partial charge in [0.15, 0.2) is 0 Å². The van der Waals surface area contributed by atoms with Crippen molar-refractivity contribution in [2.75, 3.05) is 26.2 Å². The van der Waals surface area contributed by atoms with Crippen molar-refractivity contribution < 1.29 is 4.79 Å². The highest BCUT2D eigenvalue weighted by Crippen LogP contribution is 2.26. The molecule has 4 heteroatoms. The standard InChI is InChI=1S/C25H29N3O/c29-25(27-17-15-26(16-18-27)21-9-4-5-10-21)23-11-6-12-24-22(23)13-14-28(24)19-20-7-2-1-3-8-20/h1-3,6-8,11-14,21H,4-5,9-10,15-19H2. The summed E-state index contributed by atoms with van der Waals surface area (Å²) in [4.78, 5) is 18.0. The lowest BCUT2D eigenvalue weighted by Gasteiger charge is -2.38. The molecular weight excluding hydrogens is 358 g/mol. The average molecular weight is 388 g/mol. The van der Waals surface area contributed by atoms with Crippen LogP contribution in [-0.2, 0) is 6.54 Å². The first-order valence-electron chi connectivity index (χ1n) is 10.9. The van der Waals surface area contributed by atoms with Crippen LogP contribution in [0.1, 0.15) is 41.6 Å². The number of carbonyl (C=O) groups is 1. The summed E-state index contributed by atoms with van der Waals surface area (Å²) in [6, 6.07) is 19.4. The minimum atomic E-state index is 0.180. The van der Waals surface area contributed by atoms with Crippen LogP contribution in [0.25, 0.3) is 10.9 Å². The molecule has 4 nitrogen and oxygen atoms in total. The predicted molar refractivity (Wildman–Crippen MR) is 117 cm³/mol. The molecular formula is C25H29N3O. The number of nitrogens with zero attached hydrogens (tertiary/aromatic N) is 3. The number of hydrogen-bond donors (Lipinski definition) is 0. The number of piperazine rings is 1. The van der Waals surface area contributed by atoms with E-state index in [0.29, 0.717) is 0 Å². The molecule has 29 heavy (non-hydrogen) atoms. The van der Waals surface area contributed by atoms with Crippen LogP contribution in [0.4, 0.5) is 0 Å². The van der Waals surface area contributed by atoms with E-state index in [2.05, 4.69) is 57.0 Å². The van der Waals surface area contributed by atoms with Crippen LogP contribution in [-0.4, -0.2) is 52.5 Å². The Morgan fingerprint density at radius 2 is 1.62 bits per heavy atom. The molecule has 1 saturated heterocycles. The van der Waals surface area contributed by atoms with Crippen LogP contribution in [0.5, 0.6) is 0 Å². The summed E-state index contributed by atoms with van der Waals surface area (Å²) in [5.74, 6) is 0.180. The Hall–Kier alpha value is -2.59. The molecule has 0 spiro atoms. The summed E-state index contributed by atoms with van der Waals surface area (Å²) in [5.41, 5.74) is 3.23. The molecule has 0 atom stereocenters.